The first kappa shape index (κ1) is 14.8. The molecule has 0 heterocycles. The van der Waals surface area contributed by atoms with Gasteiger partial charge in [-0.2, -0.15) is 0 Å². The third-order valence-corrected chi connectivity index (χ3v) is 5.56. The highest BCUT2D eigenvalue weighted by Gasteiger charge is 2.37. The summed E-state index contributed by atoms with van der Waals surface area (Å²) in [6, 6.07) is 5.09. The topological polar surface area (TPSA) is 60.2 Å². The summed E-state index contributed by atoms with van der Waals surface area (Å²) in [6.07, 6.45) is 6.39. The number of hydrogen-bond acceptors (Lipinski definition) is 3. The summed E-state index contributed by atoms with van der Waals surface area (Å²) in [5.74, 6) is 0. The van der Waals surface area contributed by atoms with Crippen molar-refractivity contribution in [1.29, 1.82) is 0 Å². The van der Waals surface area contributed by atoms with Crippen LogP contribution in [-0.4, -0.2) is 21.2 Å². The van der Waals surface area contributed by atoms with Gasteiger partial charge in [-0.3, -0.25) is 0 Å². The summed E-state index contributed by atoms with van der Waals surface area (Å²) >= 11 is 6.32. The van der Waals surface area contributed by atoms with Crippen molar-refractivity contribution in [2.24, 2.45) is 5.73 Å². The van der Waals surface area contributed by atoms with E-state index >= 15 is 0 Å². The summed E-state index contributed by atoms with van der Waals surface area (Å²) < 4.78 is 24.0. The van der Waals surface area contributed by atoms with E-state index in [0.29, 0.717) is 16.5 Å². The number of halogens is 1. The van der Waals surface area contributed by atoms with Gasteiger partial charge in [0.25, 0.3) is 0 Å². The fourth-order valence-corrected chi connectivity index (χ4v) is 4.57. The van der Waals surface area contributed by atoms with Crippen LogP contribution in [0.3, 0.4) is 0 Å². The van der Waals surface area contributed by atoms with Gasteiger partial charge in [-0.15, -0.1) is 0 Å². The van der Waals surface area contributed by atoms with Gasteiger partial charge in [0.15, 0.2) is 9.84 Å². The Morgan fingerprint density at radius 3 is 2.42 bits per heavy atom. The Labute approximate surface area is 120 Å². The molecule has 3 nitrogen and oxygen atoms in total. The van der Waals surface area contributed by atoms with E-state index in [9.17, 15) is 8.42 Å². The maximum atomic E-state index is 12.0. The van der Waals surface area contributed by atoms with Gasteiger partial charge in [-0.25, -0.2) is 8.42 Å². The van der Waals surface area contributed by atoms with Crippen molar-refractivity contribution in [3.63, 3.8) is 0 Å². The van der Waals surface area contributed by atoms with Crippen LogP contribution in [0.4, 0.5) is 0 Å². The van der Waals surface area contributed by atoms with Crippen LogP contribution in [0.5, 0.6) is 0 Å². The molecule has 0 atom stereocenters. The second-order valence-electron chi connectivity index (χ2n) is 5.43. The van der Waals surface area contributed by atoms with Crippen LogP contribution in [-0.2, 0) is 15.3 Å². The van der Waals surface area contributed by atoms with Crippen LogP contribution in [0.25, 0.3) is 0 Å². The Bertz CT molecular complexity index is 563. The first-order valence-corrected chi connectivity index (χ1v) is 8.87. The second-order valence-corrected chi connectivity index (χ2v) is 7.82. The molecule has 1 saturated carbocycles. The maximum Gasteiger partial charge on any atom is 0.175 e. The molecule has 0 amide bonds. The van der Waals surface area contributed by atoms with E-state index in [-0.39, 0.29) is 5.41 Å². The molecule has 1 aliphatic rings. The SMILES string of the molecule is CS(=O)(=O)c1cccc(Cl)c1C1(CN)CCCCC1. The van der Waals surface area contributed by atoms with Crippen molar-refractivity contribution < 1.29 is 8.42 Å². The summed E-state index contributed by atoms with van der Waals surface area (Å²) in [7, 11) is -3.29. The Balaban J connectivity index is 2.66. The molecule has 2 rings (SSSR count). The van der Waals surface area contributed by atoms with E-state index in [0.717, 1.165) is 31.2 Å². The minimum absolute atomic E-state index is 0.283. The molecule has 5 heteroatoms. The van der Waals surface area contributed by atoms with Gasteiger partial charge in [-0.05, 0) is 30.5 Å². The Morgan fingerprint density at radius 2 is 1.89 bits per heavy atom. The minimum atomic E-state index is -3.29. The smallest absolute Gasteiger partial charge is 0.175 e. The third kappa shape index (κ3) is 2.81. The monoisotopic (exact) mass is 301 g/mol. The fourth-order valence-electron chi connectivity index (χ4n) is 3.11. The van der Waals surface area contributed by atoms with E-state index in [1.165, 1.54) is 12.7 Å². The van der Waals surface area contributed by atoms with Crippen LogP contribution in [0.2, 0.25) is 5.02 Å². The summed E-state index contributed by atoms with van der Waals surface area (Å²) in [5.41, 5.74) is 6.45. The lowest BCUT2D eigenvalue weighted by molar-refractivity contribution is 0.296. The molecule has 0 radical (unpaired) electrons. The highest BCUT2D eigenvalue weighted by atomic mass is 35.5. The number of rotatable bonds is 3. The van der Waals surface area contributed by atoms with Crippen LogP contribution >= 0.6 is 11.6 Å². The van der Waals surface area contributed by atoms with Gasteiger partial charge in [-0.1, -0.05) is 36.9 Å². The zero-order valence-corrected chi connectivity index (χ0v) is 12.7. The van der Waals surface area contributed by atoms with E-state index in [1.54, 1.807) is 18.2 Å². The van der Waals surface area contributed by atoms with Crippen LogP contribution < -0.4 is 5.73 Å². The molecule has 0 unspecified atom stereocenters. The molecule has 106 valence electrons. The van der Waals surface area contributed by atoms with Gasteiger partial charge in [0.2, 0.25) is 0 Å². The molecule has 0 spiro atoms. The van der Waals surface area contributed by atoms with E-state index < -0.39 is 9.84 Å². The zero-order valence-electron chi connectivity index (χ0n) is 11.2. The molecule has 1 aromatic rings. The lowest BCUT2D eigenvalue weighted by Gasteiger charge is -2.38. The molecule has 1 fully saturated rings. The Hall–Kier alpha value is -0.580. The summed E-state index contributed by atoms with van der Waals surface area (Å²) in [4.78, 5) is 0.340. The van der Waals surface area contributed by atoms with Crippen LogP contribution in [0.15, 0.2) is 23.1 Å². The molecule has 0 aliphatic heterocycles. The van der Waals surface area contributed by atoms with Crippen molar-refractivity contribution in [3.05, 3.63) is 28.8 Å². The molecule has 2 N–H and O–H groups in total. The van der Waals surface area contributed by atoms with Crippen molar-refractivity contribution in [2.75, 3.05) is 12.8 Å². The molecule has 0 aromatic heterocycles. The Kier molecular flexibility index (Phi) is 4.23. The molecule has 1 aromatic carbocycles. The summed E-state index contributed by atoms with van der Waals surface area (Å²) in [5, 5.41) is 0.523. The average molecular weight is 302 g/mol. The number of benzene rings is 1. The highest BCUT2D eigenvalue weighted by Crippen LogP contribution is 2.44. The standard InChI is InChI=1S/C14H20ClNO2S/c1-19(17,18)12-7-5-6-11(15)13(12)14(10-16)8-3-2-4-9-14/h5-7H,2-4,8-10,16H2,1H3. The van der Waals surface area contributed by atoms with Gasteiger partial charge >= 0.3 is 0 Å². The van der Waals surface area contributed by atoms with E-state index in [4.69, 9.17) is 17.3 Å². The highest BCUT2D eigenvalue weighted by molar-refractivity contribution is 7.90. The van der Waals surface area contributed by atoms with Gasteiger partial charge in [0.1, 0.15) is 0 Å². The quantitative estimate of drug-likeness (QED) is 0.934. The van der Waals surface area contributed by atoms with Crippen molar-refractivity contribution in [3.8, 4) is 0 Å². The second kappa shape index (κ2) is 5.43. The van der Waals surface area contributed by atoms with Gasteiger partial charge in [0.05, 0.1) is 4.90 Å². The average Bonchev–Trinajstić information content (AvgIpc) is 2.38. The predicted molar refractivity (Wildman–Crippen MR) is 78.4 cm³/mol. The third-order valence-electron chi connectivity index (χ3n) is 4.11. The summed E-state index contributed by atoms with van der Waals surface area (Å²) in [6.45, 7) is 0.444. The molecule has 1 aliphatic carbocycles. The van der Waals surface area contributed by atoms with Crippen LogP contribution in [0, 0.1) is 0 Å². The number of hydrogen-bond donors (Lipinski definition) is 1. The van der Waals surface area contributed by atoms with Gasteiger partial charge in [0, 0.05) is 23.2 Å². The maximum absolute atomic E-state index is 12.0. The normalized spacial score (nSPS) is 19.3. The predicted octanol–water partition coefficient (Wildman–Crippen LogP) is 2.90. The lowest BCUT2D eigenvalue weighted by Crippen LogP contribution is -2.38. The minimum Gasteiger partial charge on any atom is -0.330 e. The van der Waals surface area contributed by atoms with Crippen molar-refractivity contribution >= 4 is 21.4 Å². The Morgan fingerprint density at radius 1 is 1.26 bits per heavy atom. The first-order valence-electron chi connectivity index (χ1n) is 6.60. The van der Waals surface area contributed by atoms with Crippen molar-refractivity contribution in [1.82, 2.24) is 0 Å². The molecule has 19 heavy (non-hydrogen) atoms. The first-order chi connectivity index (χ1) is 8.91. The van der Waals surface area contributed by atoms with Gasteiger partial charge < -0.3 is 5.73 Å². The lowest BCUT2D eigenvalue weighted by atomic mass is 9.69. The van der Waals surface area contributed by atoms with E-state index in [2.05, 4.69) is 0 Å². The molecular formula is C14H20ClNO2S. The molecule has 0 saturated heterocycles. The molecular weight excluding hydrogens is 282 g/mol. The largest absolute Gasteiger partial charge is 0.330 e. The van der Waals surface area contributed by atoms with E-state index in [1.807, 2.05) is 0 Å². The zero-order chi connectivity index (χ0) is 14.1. The number of sulfone groups is 1. The van der Waals surface area contributed by atoms with Crippen molar-refractivity contribution in [2.45, 2.75) is 42.4 Å². The fraction of sp³-hybridized carbons (Fsp3) is 0.571. The molecule has 0 bridgehead atoms. The number of nitrogens with two attached hydrogens (primary N) is 1. The van der Waals surface area contributed by atoms with Crippen LogP contribution in [0.1, 0.15) is 37.7 Å².